The Labute approximate surface area is 177 Å². The summed E-state index contributed by atoms with van der Waals surface area (Å²) in [7, 11) is -3.69. The molecule has 1 saturated heterocycles. The first-order valence-corrected chi connectivity index (χ1v) is 12.3. The Morgan fingerprint density at radius 3 is 2.41 bits per heavy atom. The van der Waals surface area contributed by atoms with Crippen molar-refractivity contribution < 1.29 is 13.2 Å². The Hall–Kier alpha value is -1.74. The number of nitrogens with one attached hydrogen (secondary N) is 2. The maximum absolute atomic E-state index is 12.8. The van der Waals surface area contributed by atoms with E-state index in [1.54, 1.807) is 17.5 Å². The molecule has 3 rings (SSSR count). The number of likely N-dealkylation sites (tertiary alicyclic amines) is 1. The fraction of sp³-hybridized carbons (Fsp3) is 0.476. The number of hydrogen-bond acceptors (Lipinski definition) is 5. The fourth-order valence-electron chi connectivity index (χ4n) is 3.50. The van der Waals surface area contributed by atoms with Gasteiger partial charge in [-0.25, -0.2) is 8.42 Å². The van der Waals surface area contributed by atoms with E-state index in [1.807, 2.05) is 32.0 Å². The predicted octanol–water partition coefficient (Wildman–Crippen LogP) is 2.83. The molecule has 2 aromatic rings. The summed E-state index contributed by atoms with van der Waals surface area (Å²) in [5.41, 5.74) is 1.29. The van der Waals surface area contributed by atoms with E-state index in [0.717, 1.165) is 43.8 Å². The molecule has 8 heteroatoms. The Balaban J connectivity index is 1.53. The molecule has 29 heavy (non-hydrogen) atoms. The second-order valence-electron chi connectivity index (χ2n) is 7.82. The summed E-state index contributed by atoms with van der Waals surface area (Å²) in [4.78, 5) is 15.2. The number of amides is 1. The molecule has 1 aromatic carbocycles. The molecule has 1 aromatic heterocycles. The number of piperidine rings is 1. The minimum Gasteiger partial charge on any atom is -0.352 e. The number of benzene rings is 1. The minimum atomic E-state index is -3.69. The van der Waals surface area contributed by atoms with Crippen molar-refractivity contribution >= 4 is 27.3 Å². The summed E-state index contributed by atoms with van der Waals surface area (Å²) in [6.07, 6.45) is 1.72. The van der Waals surface area contributed by atoms with E-state index in [0.29, 0.717) is 0 Å². The minimum absolute atomic E-state index is 0.0713. The molecule has 1 fully saturated rings. The van der Waals surface area contributed by atoms with Crippen LogP contribution in [0.1, 0.15) is 32.3 Å². The fourth-order valence-corrected chi connectivity index (χ4v) is 5.86. The van der Waals surface area contributed by atoms with Gasteiger partial charge in [-0.05, 0) is 35.8 Å². The van der Waals surface area contributed by atoms with Crippen molar-refractivity contribution in [3.63, 3.8) is 0 Å². The Morgan fingerprint density at radius 1 is 1.14 bits per heavy atom. The Bertz CT molecular complexity index is 875. The van der Waals surface area contributed by atoms with Crippen LogP contribution in [0.2, 0.25) is 0 Å². The molecule has 0 aliphatic carbocycles. The maximum atomic E-state index is 12.8. The van der Waals surface area contributed by atoms with E-state index < -0.39 is 16.1 Å². The molecule has 0 spiro atoms. The van der Waals surface area contributed by atoms with Crippen molar-refractivity contribution in [3.05, 3.63) is 53.4 Å². The van der Waals surface area contributed by atoms with Gasteiger partial charge in [0.1, 0.15) is 10.3 Å². The summed E-state index contributed by atoms with van der Waals surface area (Å²) >= 11 is 1.14. The molecular weight excluding hydrogens is 406 g/mol. The van der Waals surface area contributed by atoms with Gasteiger partial charge >= 0.3 is 0 Å². The van der Waals surface area contributed by atoms with Crippen LogP contribution in [0.25, 0.3) is 0 Å². The van der Waals surface area contributed by atoms with Crippen LogP contribution in [0.15, 0.2) is 52.1 Å². The molecule has 0 radical (unpaired) electrons. The zero-order chi connectivity index (χ0) is 20.9. The molecule has 1 aliphatic rings. The normalized spacial score (nSPS) is 17.3. The molecule has 0 unspecified atom stereocenters. The van der Waals surface area contributed by atoms with Crippen LogP contribution < -0.4 is 10.0 Å². The summed E-state index contributed by atoms with van der Waals surface area (Å²) in [6.45, 7) is 6.43. The van der Waals surface area contributed by atoms with E-state index in [9.17, 15) is 13.2 Å². The summed E-state index contributed by atoms with van der Waals surface area (Å²) < 4.78 is 27.9. The molecule has 2 N–H and O–H groups in total. The number of carbonyl (C=O) groups is 1. The first-order chi connectivity index (χ1) is 13.8. The van der Waals surface area contributed by atoms with Crippen molar-refractivity contribution in [1.82, 2.24) is 14.9 Å². The van der Waals surface area contributed by atoms with Gasteiger partial charge in [0.05, 0.1) is 0 Å². The lowest BCUT2D eigenvalue weighted by molar-refractivity contribution is -0.124. The van der Waals surface area contributed by atoms with Crippen LogP contribution >= 0.6 is 11.3 Å². The number of nitrogens with zero attached hydrogens (tertiary/aromatic N) is 1. The van der Waals surface area contributed by atoms with Gasteiger partial charge in [0.25, 0.3) is 10.0 Å². The van der Waals surface area contributed by atoms with Gasteiger partial charge in [-0.2, -0.15) is 4.72 Å². The van der Waals surface area contributed by atoms with E-state index in [-0.39, 0.29) is 22.1 Å². The van der Waals surface area contributed by atoms with Gasteiger partial charge in [-0.1, -0.05) is 50.2 Å². The van der Waals surface area contributed by atoms with E-state index >= 15 is 0 Å². The smallest absolute Gasteiger partial charge is 0.250 e. The lowest BCUT2D eigenvalue weighted by atomic mass is 10.0. The summed E-state index contributed by atoms with van der Waals surface area (Å²) in [6, 6.07) is 12.9. The third-order valence-corrected chi connectivity index (χ3v) is 8.01. The monoisotopic (exact) mass is 435 g/mol. The Morgan fingerprint density at radius 2 is 1.83 bits per heavy atom. The summed E-state index contributed by atoms with van der Waals surface area (Å²) in [5.74, 6) is -0.399. The number of sulfonamides is 1. The lowest BCUT2D eigenvalue weighted by Crippen LogP contribution is -2.53. The summed E-state index contributed by atoms with van der Waals surface area (Å²) in [5, 5.41) is 4.77. The molecular formula is C21H29N3O3S2. The van der Waals surface area contributed by atoms with Crippen LogP contribution in [0.3, 0.4) is 0 Å². The lowest BCUT2D eigenvalue weighted by Gasteiger charge is -2.33. The molecule has 6 nitrogen and oxygen atoms in total. The van der Waals surface area contributed by atoms with Gasteiger partial charge in [0.2, 0.25) is 5.91 Å². The highest BCUT2D eigenvalue weighted by Crippen LogP contribution is 2.18. The van der Waals surface area contributed by atoms with Gasteiger partial charge in [0, 0.05) is 25.7 Å². The van der Waals surface area contributed by atoms with Crippen LogP contribution in [0.5, 0.6) is 0 Å². The van der Waals surface area contributed by atoms with Crippen molar-refractivity contribution in [2.24, 2.45) is 5.92 Å². The topological polar surface area (TPSA) is 78.5 Å². The quantitative estimate of drug-likeness (QED) is 0.668. The number of carbonyl (C=O) groups excluding carboxylic acids is 1. The molecule has 1 aliphatic heterocycles. The first kappa shape index (κ1) is 22.0. The highest BCUT2D eigenvalue weighted by Gasteiger charge is 2.31. The van der Waals surface area contributed by atoms with Gasteiger partial charge in [-0.3, -0.25) is 9.69 Å². The second-order valence-corrected chi connectivity index (χ2v) is 10.7. The number of hydrogen-bond donors (Lipinski definition) is 2. The standard InChI is InChI=1S/C21H29N3O3S2/c1-16(2)20(23-29(26,27)19-9-6-14-28-19)21(25)22-18-10-12-24(13-11-18)15-17-7-4-3-5-8-17/h3-9,14,16,18,20,23H,10-13,15H2,1-2H3,(H,22,25)/t20-/m0/s1. The van der Waals surface area contributed by atoms with Crippen LogP contribution in [-0.2, 0) is 21.4 Å². The maximum Gasteiger partial charge on any atom is 0.250 e. The third-order valence-electron chi connectivity index (χ3n) is 5.17. The second kappa shape index (κ2) is 9.84. The van der Waals surface area contributed by atoms with Crippen molar-refractivity contribution in [1.29, 1.82) is 0 Å². The van der Waals surface area contributed by atoms with Gasteiger partial charge in [-0.15, -0.1) is 11.3 Å². The van der Waals surface area contributed by atoms with E-state index in [1.165, 1.54) is 5.56 Å². The van der Waals surface area contributed by atoms with Gasteiger partial charge in [0.15, 0.2) is 0 Å². The Kier molecular flexibility index (Phi) is 7.45. The van der Waals surface area contributed by atoms with Crippen LogP contribution in [0, 0.1) is 5.92 Å². The first-order valence-electron chi connectivity index (χ1n) is 9.97. The highest BCUT2D eigenvalue weighted by atomic mass is 32.2. The van der Waals surface area contributed by atoms with Crippen molar-refractivity contribution in [2.45, 2.75) is 49.5 Å². The highest BCUT2D eigenvalue weighted by molar-refractivity contribution is 7.91. The molecule has 158 valence electrons. The zero-order valence-electron chi connectivity index (χ0n) is 16.9. The van der Waals surface area contributed by atoms with E-state index in [4.69, 9.17) is 0 Å². The molecule has 0 saturated carbocycles. The molecule has 0 bridgehead atoms. The van der Waals surface area contributed by atoms with Crippen LogP contribution in [-0.4, -0.2) is 44.4 Å². The number of thiophene rings is 1. The number of rotatable bonds is 8. The van der Waals surface area contributed by atoms with Crippen LogP contribution in [0.4, 0.5) is 0 Å². The average Bonchev–Trinajstić information content (AvgIpc) is 3.24. The van der Waals surface area contributed by atoms with Gasteiger partial charge < -0.3 is 5.32 Å². The molecule has 2 heterocycles. The third kappa shape index (κ3) is 6.12. The largest absolute Gasteiger partial charge is 0.352 e. The average molecular weight is 436 g/mol. The molecule has 1 atom stereocenters. The predicted molar refractivity (Wildman–Crippen MR) is 116 cm³/mol. The zero-order valence-corrected chi connectivity index (χ0v) is 18.5. The van der Waals surface area contributed by atoms with Crippen molar-refractivity contribution in [3.8, 4) is 0 Å². The SMILES string of the molecule is CC(C)[C@H](NS(=O)(=O)c1cccs1)C(=O)NC1CCN(Cc2ccccc2)CC1. The molecule has 1 amide bonds. The van der Waals surface area contributed by atoms with Crippen molar-refractivity contribution in [2.75, 3.05) is 13.1 Å². The van der Waals surface area contributed by atoms with E-state index in [2.05, 4.69) is 27.1 Å².